The van der Waals surface area contributed by atoms with Gasteiger partial charge in [0.05, 0.1) is 12.9 Å². The number of ether oxygens (including phenoxy) is 2. The number of hydrogen-bond donors (Lipinski definition) is 1. The van der Waals surface area contributed by atoms with E-state index in [1.807, 2.05) is 18.2 Å². The number of allylic oxidation sites excluding steroid dienone is 2. The van der Waals surface area contributed by atoms with Crippen LogP contribution in [0, 0.1) is 0 Å². The summed E-state index contributed by atoms with van der Waals surface area (Å²) in [6.07, 6.45) is 3.56. The molecular weight excluding hydrogens is 398 g/mol. The van der Waals surface area contributed by atoms with Crippen LogP contribution in [0.4, 0.5) is 0 Å². The Morgan fingerprint density at radius 3 is 2.83 bits per heavy atom. The van der Waals surface area contributed by atoms with Crippen LogP contribution < -0.4 is 10.1 Å². The highest BCUT2D eigenvalue weighted by Gasteiger charge is 2.32. The molecule has 2 aliphatic heterocycles. The highest BCUT2D eigenvalue weighted by atomic mass is 32.2. The lowest BCUT2D eigenvalue weighted by molar-refractivity contribution is -0.150. The van der Waals surface area contributed by atoms with Crippen LogP contribution in [0.2, 0.25) is 0 Å². The smallest absolute Gasteiger partial charge is 0.342 e. The molecule has 0 aliphatic carbocycles. The average Bonchev–Trinajstić information content (AvgIpc) is 2.70. The molecule has 0 unspecified atom stereocenters. The summed E-state index contributed by atoms with van der Waals surface area (Å²) in [7, 11) is -2.10. The number of amidine groups is 1. The van der Waals surface area contributed by atoms with Crippen molar-refractivity contribution in [2.24, 2.45) is 4.40 Å². The van der Waals surface area contributed by atoms with Crippen LogP contribution in [0.1, 0.15) is 12.5 Å². The lowest BCUT2D eigenvalue weighted by Crippen LogP contribution is -2.41. The van der Waals surface area contributed by atoms with Gasteiger partial charge in [-0.25, -0.2) is 13.2 Å². The number of carbonyl (C=O) groups is 2. The number of esters is 1. The minimum absolute atomic E-state index is 0.00498. The maximum atomic E-state index is 12.5. The van der Waals surface area contributed by atoms with E-state index in [4.69, 9.17) is 9.47 Å². The monoisotopic (exact) mass is 419 g/mol. The van der Waals surface area contributed by atoms with Crippen molar-refractivity contribution in [3.63, 3.8) is 0 Å². The number of amides is 1. The third kappa shape index (κ3) is 4.83. The number of nitrogens with zero attached hydrogens (tertiary/aromatic N) is 2. The van der Waals surface area contributed by atoms with E-state index < -0.39 is 28.0 Å². The SMILES string of the molecule is COc1ccccc1CNC(=O)[C@H](C)OC(=O)C1=CC=CN2CCS(=O)(=O)N=C12. The molecule has 0 saturated carbocycles. The molecule has 2 aliphatic rings. The molecule has 1 aromatic rings. The van der Waals surface area contributed by atoms with E-state index >= 15 is 0 Å². The maximum absolute atomic E-state index is 12.5. The lowest BCUT2D eigenvalue weighted by Gasteiger charge is -2.28. The Balaban J connectivity index is 1.64. The topological polar surface area (TPSA) is 114 Å². The number of benzene rings is 1. The Morgan fingerprint density at radius 1 is 1.31 bits per heavy atom. The Morgan fingerprint density at radius 2 is 2.07 bits per heavy atom. The molecule has 1 N–H and O–H groups in total. The number of fused-ring (bicyclic) bond motifs is 1. The van der Waals surface area contributed by atoms with Crippen molar-refractivity contribution >= 4 is 27.7 Å². The lowest BCUT2D eigenvalue weighted by atomic mass is 10.1. The molecule has 0 radical (unpaired) electrons. The third-order valence-electron chi connectivity index (χ3n) is 4.38. The summed E-state index contributed by atoms with van der Waals surface area (Å²) in [5.74, 6) is -0.815. The molecule has 1 atom stereocenters. The van der Waals surface area contributed by atoms with Gasteiger partial charge in [0, 0.05) is 24.9 Å². The minimum Gasteiger partial charge on any atom is -0.496 e. The number of para-hydroxylation sites is 1. The minimum atomic E-state index is -3.64. The van der Waals surface area contributed by atoms with Gasteiger partial charge < -0.3 is 19.7 Å². The van der Waals surface area contributed by atoms with Crippen LogP contribution in [0.25, 0.3) is 0 Å². The fourth-order valence-corrected chi connectivity index (χ4v) is 3.81. The highest BCUT2D eigenvalue weighted by Crippen LogP contribution is 2.19. The summed E-state index contributed by atoms with van der Waals surface area (Å²) in [6, 6.07) is 7.23. The molecule has 0 saturated heterocycles. The Bertz CT molecular complexity index is 1010. The van der Waals surface area contributed by atoms with E-state index in [-0.39, 0.29) is 30.3 Å². The van der Waals surface area contributed by atoms with Gasteiger partial charge in [-0.05, 0) is 25.1 Å². The highest BCUT2D eigenvalue weighted by molar-refractivity contribution is 7.90. The van der Waals surface area contributed by atoms with Gasteiger partial charge >= 0.3 is 5.97 Å². The largest absolute Gasteiger partial charge is 0.496 e. The van der Waals surface area contributed by atoms with Gasteiger partial charge in [0.25, 0.3) is 15.9 Å². The number of methoxy groups -OCH3 is 1. The van der Waals surface area contributed by atoms with Crippen LogP contribution in [-0.4, -0.2) is 56.5 Å². The molecule has 1 aromatic carbocycles. The second-order valence-corrected chi connectivity index (χ2v) is 8.15. The quantitative estimate of drug-likeness (QED) is 0.677. The number of nitrogens with one attached hydrogen (secondary N) is 1. The van der Waals surface area contributed by atoms with Gasteiger partial charge in [0.2, 0.25) is 0 Å². The Labute approximate surface area is 168 Å². The number of rotatable bonds is 6. The molecule has 1 amide bonds. The summed E-state index contributed by atoms with van der Waals surface area (Å²) < 4.78 is 37.7. The number of carbonyl (C=O) groups excluding carboxylic acids is 2. The fraction of sp³-hybridized carbons (Fsp3) is 0.316. The molecule has 10 heteroatoms. The molecule has 3 rings (SSSR count). The first-order valence-corrected chi connectivity index (χ1v) is 10.5. The van der Waals surface area contributed by atoms with Crippen molar-refractivity contribution in [3.05, 3.63) is 53.8 Å². The van der Waals surface area contributed by atoms with Crippen molar-refractivity contribution in [1.82, 2.24) is 10.2 Å². The van der Waals surface area contributed by atoms with Gasteiger partial charge in [0.15, 0.2) is 11.9 Å². The van der Waals surface area contributed by atoms with E-state index in [2.05, 4.69) is 9.71 Å². The average molecular weight is 419 g/mol. The number of sulfonamides is 1. The van der Waals surface area contributed by atoms with Crippen LogP contribution in [-0.2, 0) is 30.9 Å². The van der Waals surface area contributed by atoms with Gasteiger partial charge in [-0.15, -0.1) is 4.40 Å². The van der Waals surface area contributed by atoms with Crippen LogP contribution in [0.5, 0.6) is 5.75 Å². The molecule has 2 heterocycles. The maximum Gasteiger partial charge on any atom is 0.342 e. The van der Waals surface area contributed by atoms with Gasteiger partial charge in [0.1, 0.15) is 11.3 Å². The standard InChI is InChI=1S/C19H21N3O6S/c1-13(18(23)20-12-14-6-3-4-8-16(14)27-2)28-19(24)15-7-5-9-22-10-11-29(25,26)21-17(15)22/h3-9,13H,10-12H2,1-2H3,(H,20,23)/t13-/m0/s1. The molecule has 0 aromatic heterocycles. The van der Waals surface area contributed by atoms with Crippen LogP contribution in [0.15, 0.2) is 52.6 Å². The van der Waals surface area contributed by atoms with Crippen molar-refractivity contribution in [3.8, 4) is 5.75 Å². The first-order valence-electron chi connectivity index (χ1n) is 8.89. The first-order chi connectivity index (χ1) is 13.8. The molecule has 154 valence electrons. The second kappa shape index (κ2) is 8.48. The molecule has 0 fully saturated rings. The summed E-state index contributed by atoms with van der Waals surface area (Å²) >= 11 is 0. The van der Waals surface area contributed by atoms with E-state index in [0.717, 1.165) is 5.56 Å². The Hall–Kier alpha value is -3.14. The molecular formula is C19H21N3O6S. The molecule has 9 nitrogen and oxygen atoms in total. The second-order valence-electron chi connectivity index (χ2n) is 6.39. The summed E-state index contributed by atoms with van der Waals surface area (Å²) in [6.45, 7) is 1.83. The van der Waals surface area contributed by atoms with E-state index in [1.165, 1.54) is 20.1 Å². The van der Waals surface area contributed by atoms with Crippen molar-refractivity contribution in [2.75, 3.05) is 19.4 Å². The van der Waals surface area contributed by atoms with Crippen LogP contribution in [0.3, 0.4) is 0 Å². The van der Waals surface area contributed by atoms with E-state index in [9.17, 15) is 18.0 Å². The van der Waals surface area contributed by atoms with Gasteiger partial charge in [-0.1, -0.05) is 18.2 Å². The summed E-state index contributed by atoms with van der Waals surface area (Å²) in [4.78, 5) is 26.4. The van der Waals surface area contributed by atoms with E-state index in [1.54, 1.807) is 23.2 Å². The van der Waals surface area contributed by atoms with Crippen molar-refractivity contribution in [2.45, 2.75) is 19.6 Å². The van der Waals surface area contributed by atoms with Gasteiger partial charge in [-0.3, -0.25) is 4.79 Å². The van der Waals surface area contributed by atoms with Crippen LogP contribution >= 0.6 is 0 Å². The first kappa shape index (κ1) is 20.6. The summed E-state index contributed by atoms with van der Waals surface area (Å²) in [5, 5.41) is 2.68. The fourth-order valence-electron chi connectivity index (χ4n) is 2.83. The zero-order valence-corrected chi connectivity index (χ0v) is 16.8. The Kier molecular flexibility index (Phi) is 6.02. The molecule has 0 spiro atoms. The van der Waals surface area contributed by atoms with E-state index in [0.29, 0.717) is 5.75 Å². The normalized spacial score (nSPS) is 18.1. The number of hydrogen-bond acceptors (Lipinski definition) is 7. The van der Waals surface area contributed by atoms with Gasteiger partial charge in [-0.2, -0.15) is 0 Å². The van der Waals surface area contributed by atoms with Crippen molar-refractivity contribution < 1.29 is 27.5 Å². The molecule has 0 bridgehead atoms. The van der Waals surface area contributed by atoms with Crippen molar-refractivity contribution in [1.29, 1.82) is 0 Å². The zero-order chi connectivity index (χ0) is 21.0. The zero-order valence-electron chi connectivity index (χ0n) is 16.0. The third-order valence-corrected chi connectivity index (χ3v) is 5.53. The predicted octanol–water partition coefficient (Wildman–Crippen LogP) is 0.741. The predicted molar refractivity (Wildman–Crippen MR) is 106 cm³/mol. The molecule has 29 heavy (non-hydrogen) atoms. The summed E-state index contributed by atoms with van der Waals surface area (Å²) in [5.41, 5.74) is 0.763.